The lowest BCUT2D eigenvalue weighted by atomic mass is 9.44. The molecule has 1 saturated heterocycles. The van der Waals surface area contributed by atoms with Crippen LogP contribution in [0.3, 0.4) is 0 Å². The van der Waals surface area contributed by atoms with Crippen LogP contribution in [0, 0.1) is 11.7 Å². The number of hydrogen-bond donors (Lipinski definition) is 2. The van der Waals surface area contributed by atoms with E-state index in [0.717, 1.165) is 6.07 Å². The van der Waals surface area contributed by atoms with Gasteiger partial charge in [-0.05, 0) is 37.8 Å². The van der Waals surface area contributed by atoms with Crippen LogP contribution in [0.25, 0.3) is 0 Å². The smallest absolute Gasteiger partial charge is 0.414 e. The Labute approximate surface area is 174 Å². The first kappa shape index (κ1) is 21.2. The van der Waals surface area contributed by atoms with Crippen molar-refractivity contribution in [2.45, 2.75) is 49.0 Å². The predicted molar refractivity (Wildman–Crippen MR) is 96.4 cm³/mol. The molecule has 0 radical (unpaired) electrons. The van der Waals surface area contributed by atoms with Gasteiger partial charge in [-0.25, -0.2) is 4.39 Å². The summed E-state index contributed by atoms with van der Waals surface area (Å²) in [6.07, 6.45) is -5.24. The molecule has 0 spiro atoms. The van der Waals surface area contributed by atoms with E-state index in [1.807, 2.05) is 0 Å². The Morgan fingerprint density at radius 3 is 2.47 bits per heavy atom. The van der Waals surface area contributed by atoms with E-state index >= 15 is 0 Å². The molecule has 4 aliphatic rings. The summed E-state index contributed by atoms with van der Waals surface area (Å²) in [5.41, 5.74) is -0.930. The molecule has 2 atom stereocenters. The van der Waals surface area contributed by atoms with Crippen LogP contribution < -0.4 is 15.4 Å². The normalized spacial score (nSPS) is 32.0. The highest BCUT2D eigenvalue weighted by Gasteiger charge is 2.69. The molecule has 2 unspecified atom stereocenters. The second-order valence-corrected chi connectivity index (χ2v) is 8.70. The van der Waals surface area contributed by atoms with E-state index < -0.39 is 41.0 Å². The third-order valence-corrected chi connectivity index (χ3v) is 6.12. The van der Waals surface area contributed by atoms with Gasteiger partial charge in [-0.1, -0.05) is 11.6 Å². The van der Waals surface area contributed by atoms with Gasteiger partial charge < -0.3 is 20.1 Å². The van der Waals surface area contributed by atoms with Crippen molar-refractivity contribution in [3.8, 4) is 5.75 Å². The molecule has 1 heterocycles. The van der Waals surface area contributed by atoms with Crippen LogP contribution in [-0.2, 0) is 14.3 Å². The van der Waals surface area contributed by atoms with Crippen molar-refractivity contribution in [1.82, 2.24) is 10.6 Å². The molecule has 2 N–H and O–H groups in total. The summed E-state index contributed by atoms with van der Waals surface area (Å²) in [6, 6.07) is 3.85. The fraction of sp³-hybridized carbons (Fsp3) is 0.579. The van der Waals surface area contributed by atoms with Crippen molar-refractivity contribution < 1.29 is 36.6 Å². The Hall–Kier alpha value is -2.07. The van der Waals surface area contributed by atoms with Gasteiger partial charge in [0.15, 0.2) is 12.7 Å². The van der Waals surface area contributed by atoms with Crippen LogP contribution in [-0.4, -0.2) is 48.4 Å². The van der Waals surface area contributed by atoms with Crippen LogP contribution >= 0.6 is 11.6 Å². The molecule has 5 rings (SSSR count). The summed E-state index contributed by atoms with van der Waals surface area (Å²) in [4.78, 5) is 24.4. The Bertz CT molecular complexity index is 859. The first-order valence-electron chi connectivity index (χ1n) is 9.39. The first-order valence-corrected chi connectivity index (χ1v) is 9.76. The zero-order valence-corrected chi connectivity index (χ0v) is 16.4. The standard InChI is InChI=1S/C19H19ClF4N2O4/c20-12-2-1-11(4-13(12)21)29-6-15(27)25-17-7-18(8-17,9-17)26-16(28)10-3-14(30-5-10)19(22,23)24/h1-2,4,10,14H,3,5-9H2,(H,25,27)(H,26,28). The van der Waals surface area contributed by atoms with Crippen molar-refractivity contribution in [3.63, 3.8) is 0 Å². The highest BCUT2D eigenvalue weighted by atomic mass is 35.5. The molecule has 1 aromatic carbocycles. The summed E-state index contributed by atoms with van der Waals surface area (Å²) in [5.74, 6) is -2.15. The summed E-state index contributed by atoms with van der Waals surface area (Å²) < 4.78 is 61.3. The van der Waals surface area contributed by atoms with E-state index in [9.17, 15) is 27.2 Å². The van der Waals surface area contributed by atoms with Crippen LogP contribution in [0.4, 0.5) is 17.6 Å². The molecular formula is C19H19ClF4N2O4. The van der Waals surface area contributed by atoms with Gasteiger partial charge >= 0.3 is 6.18 Å². The minimum absolute atomic E-state index is 0.0499. The number of rotatable bonds is 6. The highest BCUT2D eigenvalue weighted by molar-refractivity contribution is 6.30. The van der Waals surface area contributed by atoms with Crippen molar-refractivity contribution in [3.05, 3.63) is 29.0 Å². The van der Waals surface area contributed by atoms with E-state index in [2.05, 4.69) is 10.6 Å². The van der Waals surface area contributed by atoms with Crippen LogP contribution in [0.5, 0.6) is 5.75 Å². The van der Waals surface area contributed by atoms with Crippen molar-refractivity contribution >= 4 is 23.4 Å². The average Bonchev–Trinajstić information content (AvgIpc) is 3.10. The molecule has 0 aromatic heterocycles. The molecule has 11 heteroatoms. The van der Waals surface area contributed by atoms with E-state index in [-0.39, 0.29) is 36.3 Å². The van der Waals surface area contributed by atoms with E-state index in [4.69, 9.17) is 21.1 Å². The topological polar surface area (TPSA) is 76.7 Å². The monoisotopic (exact) mass is 450 g/mol. The van der Waals surface area contributed by atoms with E-state index in [0.29, 0.717) is 19.3 Å². The number of benzene rings is 1. The SMILES string of the molecule is O=C(COc1ccc(Cl)c(F)c1)NC12CC(NC(=O)C3COC(C(F)(F)F)C3)(C1)C2. The van der Waals surface area contributed by atoms with Crippen LogP contribution in [0.15, 0.2) is 18.2 Å². The number of carbonyl (C=O) groups is 2. The number of alkyl halides is 3. The number of hydrogen-bond acceptors (Lipinski definition) is 4. The molecule has 2 amide bonds. The Kier molecular flexibility index (Phi) is 5.13. The Balaban J connectivity index is 1.20. The summed E-state index contributed by atoms with van der Waals surface area (Å²) in [5, 5.41) is 5.61. The minimum Gasteiger partial charge on any atom is -0.484 e. The van der Waals surface area contributed by atoms with Gasteiger partial charge in [-0.15, -0.1) is 0 Å². The summed E-state index contributed by atoms with van der Waals surface area (Å²) >= 11 is 5.58. The summed E-state index contributed by atoms with van der Waals surface area (Å²) in [7, 11) is 0. The number of nitrogens with one attached hydrogen (secondary N) is 2. The molecule has 1 aromatic rings. The van der Waals surface area contributed by atoms with Gasteiger partial charge in [0, 0.05) is 17.1 Å². The number of amides is 2. The van der Waals surface area contributed by atoms with Crippen molar-refractivity contribution in [1.29, 1.82) is 0 Å². The number of ether oxygens (including phenoxy) is 2. The van der Waals surface area contributed by atoms with Gasteiger partial charge in [-0.3, -0.25) is 9.59 Å². The third-order valence-electron chi connectivity index (χ3n) is 5.82. The molecule has 3 saturated carbocycles. The molecule has 2 bridgehead atoms. The van der Waals surface area contributed by atoms with Gasteiger partial charge in [0.25, 0.3) is 5.91 Å². The van der Waals surface area contributed by atoms with E-state index in [1.165, 1.54) is 12.1 Å². The Morgan fingerprint density at radius 2 is 1.87 bits per heavy atom. The van der Waals surface area contributed by atoms with Crippen LogP contribution in [0.2, 0.25) is 5.02 Å². The summed E-state index contributed by atoms with van der Waals surface area (Å²) in [6.45, 7) is -0.559. The fourth-order valence-electron chi connectivity index (χ4n) is 4.50. The molecular weight excluding hydrogens is 432 g/mol. The maximum atomic E-state index is 13.4. The lowest BCUT2D eigenvalue weighted by Gasteiger charge is -2.70. The third kappa shape index (κ3) is 4.07. The van der Waals surface area contributed by atoms with Gasteiger partial charge in [-0.2, -0.15) is 13.2 Å². The van der Waals surface area contributed by atoms with E-state index in [1.54, 1.807) is 0 Å². The minimum atomic E-state index is -4.47. The maximum absolute atomic E-state index is 13.4. The lowest BCUT2D eigenvalue weighted by molar-refractivity contribution is -0.206. The second-order valence-electron chi connectivity index (χ2n) is 8.29. The molecule has 4 fully saturated rings. The van der Waals surface area contributed by atoms with Crippen molar-refractivity contribution in [2.24, 2.45) is 5.92 Å². The van der Waals surface area contributed by atoms with Gasteiger partial charge in [0.05, 0.1) is 17.5 Å². The Morgan fingerprint density at radius 1 is 1.20 bits per heavy atom. The van der Waals surface area contributed by atoms with Gasteiger partial charge in [0.2, 0.25) is 5.91 Å². The number of halogens is 5. The molecule has 6 nitrogen and oxygen atoms in total. The molecule has 3 aliphatic carbocycles. The largest absolute Gasteiger partial charge is 0.484 e. The number of carbonyl (C=O) groups excluding carboxylic acids is 2. The molecule has 164 valence electrons. The van der Waals surface area contributed by atoms with Crippen molar-refractivity contribution in [2.75, 3.05) is 13.2 Å². The van der Waals surface area contributed by atoms with Gasteiger partial charge in [0.1, 0.15) is 11.6 Å². The second kappa shape index (κ2) is 7.26. The maximum Gasteiger partial charge on any atom is 0.414 e. The van der Waals surface area contributed by atoms with Crippen LogP contribution in [0.1, 0.15) is 25.7 Å². The highest BCUT2D eigenvalue weighted by Crippen LogP contribution is 2.60. The first-order chi connectivity index (χ1) is 14.0. The predicted octanol–water partition coefficient (Wildman–Crippen LogP) is 2.73. The lowest BCUT2D eigenvalue weighted by Crippen LogP contribution is -2.84. The molecule has 1 aliphatic heterocycles. The zero-order valence-electron chi connectivity index (χ0n) is 15.7. The molecule has 30 heavy (non-hydrogen) atoms. The average molecular weight is 451 g/mol. The fourth-order valence-corrected chi connectivity index (χ4v) is 4.62. The quantitative estimate of drug-likeness (QED) is 0.653. The zero-order chi connectivity index (χ0) is 21.7.